The van der Waals surface area contributed by atoms with Gasteiger partial charge in [-0.1, -0.05) is 20.8 Å². The summed E-state index contributed by atoms with van der Waals surface area (Å²) < 4.78 is 27.0. The van der Waals surface area contributed by atoms with Crippen molar-refractivity contribution in [2.24, 2.45) is 16.7 Å². The molecule has 3 rings (SSSR count). The van der Waals surface area contributed by atoms with E-state index in [2.05, 4.69) is 46.7 Å². The quantitative estimate of drug-likeness (QED) is 0.771. The average Bonchev–Trinajstić information content (AvgIpc) is 3.02. The molecule has 0 radical (unpaired) electrons. The summed E-state index contributed by atoms with van der Waals surface area (Å²) in [5.74, 6) is 0.417. The molecule has 1 amide bonds. The van der Waals surface area contributed by atoms with Crippen molar-refractivity contribution < 1.29 is 13.2 Å². The van der Waals surface area contributed by atoms with E-state index in [0.717, 1.165) is 12.8 Å². The molecule has 2 saturated carbocycles. The number of hydrogen-bond acceptors (Lipinski definition) is 3. The first-order valence-corrected chi connectivity index (χ1v) is 10.8. The maximum absolute atomic E-state index is 12.8. The van der Waals surface area contributed by atoms with Gasteiger partial charge in [-0.2, -0.15) is 0 Å². The van der Waals surface area contributed by atoms with Crippen LogP contribution in [0.1, 0.15) is 50.4 Å². The molecule has 3 atom stereocenters. The van der Waals surface area contributed by atoms with Crippen molar-refractivity contribution in [2.75, 3.05) is 7.05 Å². The summed E-state index contributed by atoms with van der Waals surface area (Å²) in [7, 11) is -2.28. The van der Waals surface area contributed by atoms with E-state index < -0.39 is 10.0 Å². The summed E-state index contributed by atoms with van der Waals surface area (Å²) in [5, 5.41) is 3.20. The Morgan fingerprint density at radius 2 is 1.96 bits per heavy atom. The van der Waals surface area contributed by atoms with Crippen LogP contribution in [0.3, 0.4) is 0 Å². The maximum Gasteiger partial charge on any atom is 0.251 e. The second-order valence-corrected chi connectivity index (χ2v) is 10.9. The first-order valence-electron chi connectivity index (χ1n) is 8.55. The lowest BCUT2D eigenvalue weighted by atomic mass is 9.68. The van der Waals surface area contributed by atoms with E-state index in [0.29, 0.717) is 16.0 Å². The molecule has 0 spiro atoms. The molecule has 7 heteroatoms. The van der Waals surface area contributed by atoms with Crippen molar-refractivity contribution in [3.8, 4) is 0 Å². The average molecular weight is 429 g/mol. The Kier molecular flexibility index (Phi) is 4.57. The van der Waals surface area contributed by atoms with Crippen molar-refractivity contribution >= 4 is 31.9 Å². The first kappa shape index (κ1) is 18.9. The molecular formula is C18H25BrN2O3S. The molecule has 0 heterocycles. The van der Waals surface area contributed by atoms with Gasteiger partial charge in [0.2, 0.25) is 10.0 Å². The van der Waals surface area contributed by atoms with Crippen LogP contribution in [-0.4, -0.2) is 27.4 Å². The van der Waals surface area contributed by atoms with Crippen molar-refractivity contribution in [1.29, 1.82) is 0 Å². The van der Waals surface area contributed by atoms with Crippen LogP contribution in [0.25, 0.3) is 0 Å². The van der Waals surface area contributed by atoms with Gasteiger partial charge in [0.05, 0.1) is 4.90 Å². The smallest absolute Gasteiger partial charge is 0.251 e. The van der Waals surface area contributed by atoms with Crippen LogP contribution in [0.5, 0.6) is 0 Å². The van der Waals surface area contributed by atoms with Crippen LogP contribution in [0.4, 0.5) is 0 Å². The molecule has 2 N–H and O–H groups in total. The zero-order chi connectivity index (χ0) is 18.6. The highest BCUT2D eigenvalue weighted by molar-refractivity contribution is 9.10. The molecule has 1 aromatic carbocycles. The fourth-order valence-electron chi connectivity index (χ4n) is 4.84. The Morgan fingerprint density at radius 1 is 1.28 bits per heavy atom. The van der Waals surface area contributed by atoms with Crippen LogP contribution >= 0.6 is 15.9 Å². The number of hydrogen-bond donors (Lipinski definition) is 2. The lowest BCUT2D eigenvalue weighted by Crippen LogP contribution is -2.52. The van der Waals surface area contributed by atoms with E-state index in [1.54, 1.807) is 12.1 Å². The summed E-state index contributed by atoms with van der Waals surface area (Å²) >= 11 is 3.25. The Balaban J connectivity index is 1.89. The summed E-state index contributed by atoms with van der Waals surface area (Å²) in [5.41, 5.74) is 0.538. The van der Waals surface area contributed by atoms with Crippen molar-refractivity contribution in [2.45, 2.75) is 51.0 Å². The van der Waals surface area contributed by atoms with Crippen LogP contribution in [-0.2, 0) is 10.0 Å². The minimum Gasteiger partial charge on any atom is -0.348 e. The lowest BCUT2D eigenvalue weighted by molar-refractivity contribution is 0.0737. The molecule has 0 saturated heterocycles. The fraction of sp³-hybridized carbons (Fsp3) is 0.611. The topological polar surface area (TPSA) is 75.3 Å². The third-order valence-electron chi connectivity index (χ3n) is 6.30. The standard InChI is InChI=1S/C18H25BrN2O3S/c1-17(2)12-7-8-18(3,10-12)16(17)21-15(22)11-5-6-13(19)14(9-11)25(23,24)20-4/h5-6,9,12,16,20H,7-8,10H2,1-4H3,(H,21,22)/t12-,16?,18+/m1/s1. The number of sulfonamides is 1. The van der Waals surface area contributed by atoms with Gasteiger partial charge in [-0.25, -0.2) is 13.1 Å². The van der Waals surface area contributed by atoms with Gasteiger partial charge >= 0.3 is 0 Å². The summed E-state index contributed by atoms with van der Waals surface area (Å²) in [6, 6.07) is 4.77. The maximum atomic E-state index is 12.8. The highest BCUT2D eigenvalue weighted by Gasteiger charge is 2.59. The Bertz CT molecular complexity index is 817. The van der Waals surface area contributed by atoms with Gasteiger partial charge in [-0.15, -0.1) is 0 Å². The second-order valence-electron chi connectivity index (χ2n) is 8.17. The number of benzene rings is 1. The van der Waals surface area contributed by atoms with Gasteiger partial charge < -0.3 is 5.32 Å². The van der Waals surface area contributed by atoms with E-state index in [1.165, 1.54) is 19.5 Å². The van der Waals surface area contributed by atoms with Gasteiger partial charge in [0.15, 0.2) is 0 Å². The van der Waals surface area contributed by atoms with Crippen LogP contribution in [0, 0.1) is 16.7 Å². The number of carbonyl (C=O) groups is 1. The zero-order valence-corrected chi connectivity index (χ0v) is 17.4. The molecule has 2 aliphatic rings. The van der Waals surface area contributed by atoms with Crippen molar-refractivity contribution in [3.63, 3.8) is 0 Å². The number of nitrogens with one attached hydrogen (secondary N) is 2. The molecule has 0 aromatic heterocycles. The summed E-state index contributed by atoms with van der Waals surface area (Å²) in [4.78, 5) is 12.9. The zero-order valence-electron chi connectivity index (χ0n) is 15.0. The molecule has 2 bridgehead atoms. The Hall–Kier alpha value is -0.920. The SMILES string of the molecule is CNS(=O)(=O)c1cc(C(=O)NC2C(C)(C)[C@@H]3CC[C@@]2(C)C3)ccc1Br. The number of carbonyl (C=O) groups excluding carboxylic acids is 1. The minimum atomic E-state index is -3.63. The van der Waals surface area contributed by atoms with E-state index in [9.17, 15) is 13.2 Å². The van der Waals surface area contributed by atoms with Gasteiger partial charge in [0, 0.05) is 16.1 Å². The van der Waals surface area contributed by atoms with Crippen LogP contribution < -0.4 is 10.0 Å². The van der Waals surface area contributed by atoms with Gasteiger partial charge in [0.25, 0.3) is 5.91 Å². The first-order chi connectivity index (χ1) is 11.5. The van der Waals surface area contributed by atoms with Crippen molar-refractivity contribution in [3.05, 3.63) is 28.2 Å². The molecule has 1 unspecified atom stereocenters. The molecular weight excluding hydrogens is 404 g/mol. The fourth-order valence-corrected chi connectivity index (χ4v) is 6.55. The molecule has 1 aromatic rings. The van der Waals surface area contributed by atoms with E-state index in [4.69, 9.17) is 0 Å². The van der Waals surface area contributed by atoms with Gasteiger partial charge in [-0.3, -0.25) is 4.79 Å². The van der Waals surface area contributed by atoms with Crippen molar-refractivity contribution in [1.82, 2.24) is 10.0 Å². The number of halogens is 1. The van der Waals surface area contributed by atoms with Crippen LogP contribution in [0.2, 0.25) is 0 Å². The van der Waals surface area contributed by atoms with Gasteiger partial charge in [-0.05, 0) is 77.2 Å². The number of amides is 1. The van der Waals surface area contributed by atoms with E-state index in [-0.39, 0.29) is 27.7 Å². The summed E-state index contributed by atoms with van der Waals surface area (Å²) in [6.45, 7) is 6.71. The van der Waals surface area contributed by atoms with Gasteiger partial charge in [0.1, 0.15) is 0 Å². The molecule has 5 nitrogen and oxygen atoms in total. The number of rotatable bonds is 4. The predicted molar refractivity (Wildman–Crippen MR) is 101 cm³/mol. The largest absolute Gasteiger partial charge is 0.348 e. The highest BCUT2D eigenvalue weighted by atomic mass is 79.9. The minimum absolute atomic E-state index is 0.0535. The molecule has 0 aliphatic heterocycles. The number of fused-ring (bicyclic) bond motifs is 2. The molecule has 25 heavy (non-hydrogen) atoms. The van der Waals surface area contributed by atoms with E-state index >= 15 is 0 Å². The Labute approximate surface area is 158 Å². The second kappa shape index (κ2) is 6.06. The van der Waals surface area contributed by atoms with E-state index in [1.807, 2.05) is 0 Å². The summed E-state index contributed by atoms with van der Waals surface area (Å²) in [6.07, 6.45) is 3.50. The predicted octanol–water partition coefficient (Wildman–Crippen LogP) is 3.30. The monoisotopic (exact) mass is 428 g/mol. The third-order valence-corrected chi connectivity index (χ3v) is 8.71. The third kappa shape index (κ3) is 3.04. The normalized spacial score (nSPS) is 30.4. The highest BCUT2D eigenvalue weighted by Crippen LogP contribution is 2.62. The molecule has 2 fully saturated rings. The Morgan fingerprint density at radius 3 is 2.52 bits per heavy atom. The molecule has 138 valence electrons. The molecule has 2 aliphatic carbocycles. The van der Waals surface area contributed by atoms with Crippen LogP contribution in [0.15, 0.2) is 27.6 Å². The lowest BCUT2D eigenvalue weighted by Gasteiger charge is -2.43.